The Morgan fingerprint density at radius 3 is 1.84 bits per heavy atom. The molecule has 0 aliphatic heterocycles. The Morgan fingerprint density at radius 2 is 1.30 bits per heavy atom. The average Bonchev–Trinajstić information content (AvgIpc) is 3.60. The fraction of sp³-hybridized carbons (Fsp3) is 0.265. The lowest BCUT2D eigenvalue weighted by atomic mass is 9.92. The second kappa shape index (κ2) is 11.0. The van der Waals surface area contributed by atoms with Crippen LogP contribution in [0.3, 0.4) is 0 Å². The molecule has 5 rings (SSSR count). The van der Waals surface area contributed by atoms with E-state index in [4.69, 9.17) is 0 Å². The van der Waals surface area contributed by atoms with Crippen molar-refractivity contribution in [3.8, 4) is 5.69 Å². The Bertz CT molecular complexity index is 1340. The Morgan fingerprint density at radius 1 is 0.730 bits per heavy atom. The molecule has 4 aromatic rings. The monoisotopic (exact) mass is 505 g/mol. The van der Waals surface area contributed by atoms with Crippen molar-refractivity contribution in [1.29, 1.82) is 0 Å². The first-order valence-electron chi connectivity index (χ1n) is 13.5. The van der Waals surface area contributed by atoms with Gasteiger partial charge in [-0.15, -0.1) is 0 Å². The van der Waals surface area contributed by atoms with Crippen molar-refractivity contribution in [2.45, 2.75) is 58.9 Å². The third-order valence-electron chi connectivity index (χ3n) is 7.42. The molecule has 0 fully saturated rings. The zero-order valence-electron chi connectivity index (χ0n) is 22.7. The van der Waals surface area contributed by atoms with Gasteiger partial charge in [0.1, 0.15) is 24.1 Å². The summed E-state index contributed by atoms with van der Waals surface area (Å²) in [6, 6.07) is 29.1. The fourth-order valence-electron chi connectivity index (χ4n) is 5.41. The standard InChI is InChI=1S/C34H38N2P/c1-25(2)30-18-12-19-31(26(3)4)34(30)36-23-22-35(24-36)27(5)32-20-13-21-33(32)37(28-14-8-6-9-15-28)29-16-10-7-11-17-29/h6-19,21-27H,20H2,1-5H3/q+1. The summed E-state index contributed by atoms with van der Waals surface area (Å²) in [5, 5.41) is 4.31. The molecule has 2 nitrogen and oxygen atoms in total. The van der Waals surface area contributed by atoms with Gasteiger partial charge in [-0.05, 0) is 54.6 Å². The molecule has 188 valence electrons. The molecule has 37 heavy (non-hydrogen) atoms. The van der Waals surface area contributed by atoms with Crippen molar-refractivity contribution >= 4 is 18.5 Å². The molecule has 1 aromatic heterocycles. The molecule has 0 N–H and O–H groups in total. The first kappa shape index (κ1) is 25.4. The van der Waals surface area contributed by atoms with Crippen LogP contribution >= 0.6 is 7.92 Å². The normalized spacial score (nSPS) is 14.4. The molecule has 1 unspecified atom stereocenters. The van der Waals surface area contributed by atoms with E-state index in [9.17, 15) is 0 Å². The molecule has 0 spiro atoms. The molecule has 0 radical (unpaired) electrons. The summed E-state index contributed by atoms with van der Waals surface area (Å²) < 4.78 is 4.74. The predicted molar refractivity (Wildman–Crippen MR) is 159 cm³/mol. The molecular formula is C34H38N2P+. The zero-order chi connectivity index (χ0) is 25.9. The topological polar surface area (TPSA) is 8.81 Å². The fourth-order valence-corrected chi connectivity index (χ4v) is 8.03. The van der Waals surface area contributed by atoms with E-state index in [2.05, 4.69) is 153 Å². The maximum absolute atomic E-state index is 2.40. The van der Waals surface area contributed by atoms with Crippen LogP contribution in [0.25, 0.3) is 5.69 Å². The van der Waals surface area contributed by atoms with Gasteiger partial charge >= 0.3 is 0 Å². The second-order valence-electron chi connectivity index (χ2n) is 10.6. The van der Waals surface area contributed by atoms with Crippen molar-refractivity contribution in [3.05, 3.63) is 132 Å². The van der Waals surface area contributed by atoms with Crippen LogP contribution in [0.1, 0.15) is 70.0 Å². The average molecular weight is 506 g/mol. The maximum Gasteiger partial charge on any atom is 0.249 e. The highest BCUT2D eigenvalue weighted by atomic mass is 31.1. The van der Waals surface area contributed by atoms with E-state index in [1.165, 1.54) is 38.3 Å². The van der Waals surface area contributed by atoms with E-state index in [1.54, 1.807) is 0 Å². The Labute approximate surface area is 223 Å². The number of hydrogen-bond acceptors (Lipinski definition) is 0. The molecule has 1 aliphatic carbocycles. The lowest BCUT2D eigenvalue weighted by molar-refractivity contribution is -0.710. The number of benzene rings is 3. The number of aromatic nitrogens is 2. The van der Waals surface area contributed by atoms with Gasteiger partial charge in [0.2, 0.25) is 6.33 Å². The molecule has 3 aromatic carbocycles. The number of rotatable bonds is 8. The van der Waals surface area contributed by atoms with Gasteiger partial charge < -0.3 is 0 Å². The van der Waals surface area contributed by atoms with Gasteiger partial charge in [0, 0.05) is 11.1 Å². The number of nitrogens with zero attached hydrogens (tertiary/aromatic N) is 2. The number of imidazole rings is 1. The van der Waals surface area contributed by atoms with Crippen molar-refractivity contribution < 1.29 is 4.57 Å². The number of hydrogen-bond donors (Lipinski definition) is 0. The molecule has 0 amide bonds. The third kappa shape index (κ3) is 5.13. The molecule has 1 atom stereocenters. The second-order valence-corrected chi connectivity index (χ2v) is 12.7. The van der Waals surface area contributed by atoms with Crippen molar-refractivity contribution in [1.82, 2.24) is 4.57 Å². The van der Waals surface area contributed by atoms with Gasteiger partial charge in [-0.3, -0.25) is 0 Å². The van der Waals surface area contributed by atoms with Crippen LogP contribution in [-0.2, 0) is 0 Å². The largest absolute Gasteiger partial charge is 0.249 e. The smallest absolute Gasteiger partial charge is 0.230 e. The first-order chi connectivity index (χ1) is 18.0. The van der Waals surface area contributed by atoms with Crippen LogP contribution in [0.4, 0.5) is 0 Å². The van der Waals surface area contributed by atoms with Gasteiger partial charge in [-0.2, -0.15) is 0 Å². The van der Waals surface area contributed by atoms with E-state index < -0.39 is 7.92 Å². The van der Waals surface area contributed by atoms with Gasteiger partial charge in [0.25, 0.3) is 0 Å². The van der Waals surface area contributed by atoms with Gasteiger partial charge in [0.15, 0.2) is 0 Å². The predicted octanol–water partition coefficient (Wildman–Crippen LogP) is 7.92. The first-order valence-corrected chi connectivity index (χ1v) is 14.8. The highest BCUT2D eigenvalue weighted by molar-refractivity contribution is 7.77. The minimum absolute atomic E-state index is 0.275. The van der Waals surface area contributed by atoms with E-state index in [0.29, 0.717) is 11.8 Å². The Balaban J connectivity index is 1.57. The van der Waals surface area contributed by atoms with E-state index >= 15 is 0 Å². The number of para-hydroxylation sites is 1. The van der Waals surface area contributed by atoms with Crippen molar-refractivity contribution in [2.75, 3.05) is 0 Å². The molecule has 0 saturated carbocycles. The summed E-state index contributed by atoms with van der Waals surface area (Å²) in [5.41, 5.74) is 5.66. The summed E-state index contributed by atoms with van der Waals surface area (Å²) in [6.45, 7) is 11.5. The lowest BCUT2D eigenvalue weighted by Gasteiger charge is -2.23. The zero-order valence-corrected chi connectivity index (χ0v) is 23.6. The van der Waals surface area contributed by atoms with Crippen LogP contribution in [-0.4, -0.2) is 4.57 Å². The maximum atomic E-state index is 2.40. The molecule has 3 heteroatoms. The lowest BCUT2D eigenvalue weighted by Crippen LogP contribution is -2.37. The molecule has 1 heterocycles. The van der Waals surface area contributed by atoms with Crippen LogP contribution < -0.4 is 15.2 Å². The van der Waals surface area contributed by atoms with Crippen LogP contribution in [0.2, 0.25) is 0 Å². The van der Waals surface area contributed by atoms with Gasteiger partial charge in [-0.25, -0.2) is 9.13 Å². The Kier molecular flexibility index (Phi) is 7.58. The minimum Gasteiger partial charge on any atom is -0.230 e. The summed E-state index contributed by atoms with van der Waals surface area (Å²) in [5.74, 6) is 0.936. The molecule has 0 bridgehead atoms. The van der Waals surface area contributed by atoms with Crippen molar-refractivity contribution in [2.24, 2.45) is 0 Å². The Hall–Kier alpha value is -3.22. The van der Waals surface area contributed by atoms with Gasteiger partial charge in [0.05, 0.1) is 0 Å². The van der Waals surface area contributed by atoms with E-state index in [0.717, 1.165) is 6.42 Å². The minimum atomic E-state index is -0.606. The molecule has 0 saturated heterocycles. The number of allylic oxidation sites excluding steroid dienone is 4. The quantitative estimate of drug-likeness (QED) is 0.170. The summed E-state index contributed by atoms with van der Waals surface area (Å²) in [4.78, 5) is 0. The van der Waals surface area contributed by atoms with Crippen LogP contribution in [0.5, 0.6) is 0 Å². The highest BCUT2D eigenvalue weighted by Gasteiger charge is 2.28. The summed E-state index contributed by atoms with van der Waals surface area (Å²) >= 11 is 0. The highest BCUT2D eigenvalue weighted by Crippen LogP contribution is 2.49. The van der Waals surface area contributed by atoms with Crippen LogP contribution in [0.15, 0.2) is 121 Å². The van der Waals surface area contributed by atoms with E-state index in [-0.39, 0.29) is 6.04 Å². The third-order valence-corrected chi connectivity index (χ3v) is 9.97. The van der Waals surface area contributed by atoms with E-state index in [1.807, 2.05) is 0 Å². The van der Waals surface area contributed by atoms with Crippen molar-refractivity contribution in [3.63, 3.8) is 0 Å². The van der Waals surface area contributed by atoms with Gasteiger partial charge in [-0.1, -0.05) is 119 Å². The van der Waals surface area contributed by atoms with Crippen LogP contribution in [0, 0.1) is 0 Å². The molecule has 1 aliphatic rings. The molecular weight excluding hydrogens is 467 g/mol. The summed E-state index contributed by atoms with van der Waals surface area (Å²) in [6.07, 6.45) is 12.5. The summed E-state index contributed by atoms with van der Waals surface area (Å²) in [7, 11) is -0.606. The SMILES string of the molecule is CC(C)c1cccc(C(C)C)c1-n1cc[n+](C(C)C2=C(P(c3ccccc3)c3ccccc3)C=CC2)c1.